The quantitative estimate of drug-likeness (QED) is 0.698. The summed E-state index contributed by atoms with van der Waals surface area (Å²) < 4.78 is 37.9. The standard InChI is InChI=1S/C15H15F3N2O.C2H6/c16-15(17,18)8-5-6-11(12(21)7-8)13-9-3-1-2-4-10(9)14(19)20-13;1-2/h5-7,20-21H,1-4,19H2;1-2H3. The number of alkyl halides is 3. The molecule has 1 aliphatic carbocycles. The van der Waals surface area contributed by atoms with Crippen LogP contribution in [0.25, 0.3) is 11.3 Å². The lowest BCUT2D eigenvalue weighted by atomic mass is 9.91. The molecule has 0 amide bonds. The maximum atomic E-state index is 12.6. The van der Waals surface area contributed by atoms with Crippen molar-refractivity contribution in [3.63, 3.8) is 0 Å². The van der Waals surface area contributed by atoms with Crippen LogP contribution in [0, 0.1) is 0 Å². The highest BCUT2D eigenvalue weighted by molar-refractivity contribution is 5.75. The average molecular weight is 326 g/mol. The minimum atomic E-state index is -4.47. The summed E-state index contributed by atoms with van der Waals surface area (Å²) in [5, 5.41) is 9.96. The molecule has 3 nitrogen and oxygen atoms in total. The summed E-state index contributed by atoms with van der Waals surface area (Å²) in [7, 11) is 0. The minimum Gasteiger partial charge on any atom is -0.507 e. The fraction of sp³-hybridized carbons (Fsp3) is 0.412. The van der Waals surface area contributed by atoms with Crippen molar-refractivity contribution >= 4 is 5.82 Å². The van der Waals surface area contributed by atoms with Gasteiger partial charge in [0.15, 0.2) is 0 Å². The lowest BCUT2D eigenvalue weighted by Gasteiger charge is -2.14. The number of phenols is 1. The zero-order chi connectivity index (χ0) is 17.2. The zero-order valence-corrected chi connectivity index (χ0v) is 13.2. The summed E-state index contributed by atoms with van der Waals surface area (Å²) in [5.41, 5.74) is 8.09. The molecule has 1 heterocycles. The Morgan fingerprint density at radius 3 is 2.26 bits per heavy atom. The van der Waals surface area contributed by atoms with Crippen LogP contribution in [0.4, 0.5) is 19.0 Å². The van der Waals surface area contributed by atoms with Crippen molar-refractivity contribution in [3.05, 3.63) is 34.9 Å². The molecule has 1 aromatic carbocycles. The highest BCUT2D eigenvalue weighted by Gasteiger charge is 2.31. The number of nitrogens with one attached hydrogen (secondary N) is 1. The van der Waals surface area contributed by atoms with Crippen molar-refractivity contribution in [3.8, 4) is 17.0 Å². The number of aromatic amines is 1. The van der Waals surface area contributed by atoms with Gasteiger partial charge in [-0.05, 0) is 55.0 Å². The first-order valence-electron chi connectivity index (χ1n) is 7.77. The Balaban J connectivity index is 0.000000924. The highest BCUT2D eigenvalue weighted by atomic mass is 19.4. The number of phenolic OH excluding ortho intramolecular Hbond substituents is 1. The number of aromatic nitrogens is 1. The van der Waals surface area contributed by atoms with E-state index in [4.69, 9.17) is 5.73 Å². The summed E-state index contributed by atoms with van der Waals surface area (Å²) >= 11 is 0. The molecule has 6 heteroatoms. The molecule has 0 saturated carbocycles. The molecule has 1 aromatic heterocycles. The van der Waals surface area contributed by atoms with Gasteiger partial charge in [-0.2, -0.15) is 13.2 Å². The number of fused-ring (bicyclic) bond motifs is 1. The van der Waals surface area contributed by atoms with Gasteiger partial charge in [0.2, 0.25) is 0 Å². The van der Waals surface area contributed by atoms with E-state index in [-0.39, 0.29) is 5.75 Å². The molecule has 4 N–H and O–H groups in total. The van der Waals surface area contributed by atoms with Crippen LogP contribution in [0.15, 0.2) is 18.2 Å². The second-order valence-corrected chi connectivity index (χ2v) is 5.31. The number of benzene rings is 1. The van der Waals surface area contributed by atoms with E-state index in [0.717, 1.165) is 48.9 Å². The van der Waals surface area contributed by atoms with Gasteiger partial charge in [-0.15, -0.1) is 0 Å². The topological polar surface area (TPSA) is 62.0 Å². The van der Waals surface area contributed by atoms with E-state index in [1.54, 1.807) is 0 Å². The molecule has 2 aromatic rings. The van der Waals surface area contributed by atoms with E-state index in [1.165, 1.54) is 6.07 Å². The molecular weight excluding hydrogens is 305 g/mol. The van der Waals surface area contributed by atoms with Crippen molar-refractivity contribution in [2.24, 2.45) is 0 Å². The van der Waals surface area contributed by atoms with E-state index < -0.39 is 11.7 Å². The molecule has 126 valence electrons. The molecule has 23 heavy (non-hydrogen) atoms. The molecule has 0 bridgehead atoms. The Morgan fingerprint density at radius 2 is 1.70 bits per heavy atom. The van der Waals surface area contributed by atoms with Gasteiger partial charge in [-0.1, -0.05) is 13.8 Å². The smallest absolute Gasteiger partial charge is 0.416 e. The first-order chi connectivity index (χ1) is 10.9. The van der Waals surface area contributed by atoms with Gasteiger partial charge in [0.05, 0.1) is 11.3 Å². The van der Waals surface area contributed by atoms with Crippen LogP contribution in [0.5, 0.6) is 5.75 Å². The third-order valence-electron chi connectivity index (χ3n) is 3.95. The number of hydrogen-bond donors (Lipinski definition) is 3. The van der Waals surface area contributed by atoms with E-state index in [0.29, 0.717) is 17.1 Å². The van der Waals surface area contributed by atoms with Crippen LogP contribution in [-0.2, 0) is 19.0 Å². The average Bonchev–Trinajstić information content (AvgIpc) is 2.86. The molecule has 0 saturated heterocycles. The second kappa shape index (κ2) is 6.56. The van der Waals surface area contributed by atoms with Gasteiger partial charge in [-0.25, -0.2) is 0 Å². The monoisotopic (exact) mass is 326 g/mol. The lowest BCUT2D eigenvalue weighted by molar-refractivity contribution is -0.137. The first kappa shape index (κ1) is 17.2. The Hall–Kier alpha value is -2.11. The van der Waals surface area contributed by atoms with E-state index >= 15 is 0 Å². The summed E-state index contributed by atoms with van der Waals surface area (Å²) in [5.74, 6) is 0.151. The first-order valence-corrected chi connectivity index (χ1v) is 7.77. The number of rotatable bonds is 1. The van der Waals surface area contributed by atoms with Gasteiger partial charge in [0.25, 0.3) is 0 Å². The summed E-state index contributed by atoms with van der Waals surface area (Å²) in [6.07, 6.45) is -0.728. The van der Waals surface area contributed by atoms with Gasteiger partial charge < -0.3 is 15.8 Å². The van der Waals surface area contributed by atoms with Gasteiger partial charge in [-0.3, -0.25) is 0 Å². The highest BCUT2D eigenvalue weighted by Crippen LogP contribution is 2.40. The molecule has 0 spiro atoms. The summed E-state index contributed by atoms with van der Waals surface area (Å²) in [6, 6.07) is 3.02. The van der Waals surface area contributed by atoms with Crippen molar-refractivity contribution in [1.82, 2.24) is 4.98 Å². The van der Waals surface area contributed by atoms with Gasteiger partial charge >= 0.3 is 6.18 Å². The molecule has 0 fully saturated rings. The molecule has 3 rings (SSSR count). The lowest BCUT2D eigenvalue weighted by Crippen LogP contribution is -2.05. The van der Waals surface area contributed by atoms with Crippen molar-refractivity contribution in [2.75, 3.05) is 5.73 Å². The van der Waals surface area contributed by atoms with Crippen molar-refractivity contribution < 1.29 is 18.3 Å². The number of aromatic hydroxyl groups is 1. The SMILES string of the molecule is CC.Nc1[nH]c(-c2ccc(C(F)(F)F)cc2O)c2c1CCCC2. The van der Waals surface area contributed by atoms with Gasteiger partial charge in [0, 0.05) is 5.56 Å². The Kier molecular flexibility index (Phi) is 4.92. The van der Waals surface area contributed by atoms with Crippen LogP contribution < -0.4 is 5.73 Å². The number of anilines is 1. The van der Waals surface area contributed by atoms with E-state index in [1.807, 2.05) is 13.8 Å². The van der Waals surface area contributed by atoms with Crippen LogP contribution in [0.1, 0.15) is 43.4 Å². The maximum Gasteiger partial charge on any atom is 0.416 e. The fourth-order valence-corrected chi connectivity index (χ4v) is 2.91. The molecule has 0 radical (unpaired) electrons. The van der Waals surface area contributed by atoms with E-state index in [9.17, 15) is 18.3 Å². The molecule has 0 unspecified atom stereocenters. The van der Waals surface area contributed by atoms with Crippen molar-refractivity contribution in [2.45, 2.75) is 45.7 Å². The number of halogens is 3. The largest absolute Gasteiger partial charge is 0.507 e. The number of H-pyrrole nitrogens is 1. The Morgan fingerprint density at radius 1 is 1.09 bits per heavy atom. The molecule has 0 aliphatic heterocycles. The predicted octanol–water partition coefficient (Wildman–Crippen LogP) is 4.89. The number of hydrogen-bond acceptors (Lipinski definition) is 2. The third kappa shape index (κ3) is 3.30. The normalized spacial score (nSPS) is 14.0. The Bertz CT molecular complexity index is 690. The zero-order valence-electron chi connectivity index (χ0n) is 13.2. The fourth-order valence-electron chi connectivity index (χ4n) is 2.91. The van der Waals surface area contributed by atoms with E-state index in [2.05, 4.69) is 4.98 Å². The van der Waals surface area contributed by atoms with Crippen LogP contribution in [0.2, 0.25) is 0 Å². The minimum absolute atomic E-state index is 0.359. The number of nitrogens with two attached hydrogens (primary N) is 1. The molecule has 1 aliphatic rings. The third-order valence-corrected chi connectivity index (χ3v) is 3.95. The van der Waals surface area contributed by atoms with Crippen LogP contribution in [-0.4, -0.2) is 10.1 Å². The van der Waals surface area contributed by atoms with Crippen LogP contribution in [0.3, 0.4) is 0 Å². The van der Waals surface area contributed by atoms with Crippen molar-refractivity contribution in [1.29, 1.82) is 0 Å². The Labute approximate surface area is 133 Å². The maximum absolute atomic E-state index is 12.6. The summed E-state index contributed by atoms with van der Waals surface area (Å²) in [6.45, 7) is 4.00. The predicted molar refractivity (Wildman–Crippen MR) is 85.3 cm³/mol. The second-order valence-electron chi connectivity index (χ2n) is 5.31. The number of nitrogen functional groups attached to an aromatic ring is 1. The molecular formula is C17H21F3N2O. The molecule has 0 atom stereocenters. The van der Waals surface area contributed by atoms with Gasteiger partial charge in [0.1, 0.15) is 11.6 Å². The summed E-state index contributed by atoms with van der Waals surface area (Å²) in [4.78, 5) is 3.01. The van der Waals surface area contributed by atoms with Crippen LogP contribution >= 0.6 is 0 Å².